The Morgan fingerprint density at radius 3 is 2.70 bits per heavy atom. The number of hydrogen-bond donors (Lipinski definition) is 2. The predicted molar refractivity (Wildman–Crippen MR) is 145 cm³/mol. The zero-order valence-corrected chi connectivity index (χ0v) is 21.7. The highest BCUT2D eigenvalue weighted by molar-refractivity contribution is 5.89. The second kappa shape index (κ2) is 11.9. The van der Waals surface area contributed by atoms with Gasteiger partial charge in [0.05, 0.1) is 5.69 Å². The molecular weight excluding hydrogens is 465 g/mol. The number of urea groups is 1. The van der Waals surface area contributed by atoms with E-state index in [4.69, 9.17) is 0 Å². The summed E-state index contributed by atoms with van der Waals surface area (Å²) in [5.74, 6) is 0.897. The van der Waals surface area contributed by atoms with E-state index in [1.807, 2.05) is 54.2 Å². The van der Waals surface area contributed by atoms with Crippen LogP contribution in [0.2, 0.25) is 0 Å². The summed E-state index contributed by atoms with van der Waals surface area (Å²) in [4.78, 5) is 15.5. The molecule has 1 aliphatic carbocycles. The van der Waals surface area contributed by atoms with Gasteiger partial charge < -0.3 is 15.5 Å². The monoisotopic (exact) mass is 503 g/mol. The molecule has 2 aliphatic rings. The van der Waals surface area contributed by atoms with Gasteiger partial charge in [0.25, 0.3) is 0 Å². The third kappa shape index (κ3) is 6.77. The van der Waals surface area contributed by atoms with Crippen LogP contribution in [0, 0.1) is 24.6 Å². The van der Waals surface area contributed by atoms with E-state index in [1.54, 1.807) is 18.3 Å². The summed E-state index contributed by atoms with van der Waals surface area (Å²) in [5.41, 5.74) is 4.06. The summed E-state index contributed by atoms with van der Waals surface area (Å²) >= 11 is 0. The number of carbonyl (C=O) groups is 1. The second-order valence-electron chi connectivity index (χ2n) is 10.8. The summed E-state index contributed by atoms with van der Waals surface area (Å²) < 4.78 is 15.1. The van der Waals surface area contributed by atoms with Crippen LogP contribution in [0.4, 0.5) is 14.9 Å². The Morgan fingerprint density at radius 2 is 1.92 bits per heavy atom. The lowest BCUT2D eigenvalue weighted by Gasteiger charge is -2.39. The standard InChI is InChI=1S/C30H38FN5O/c1-22-18-27(13-14-29(22)36-17-5-15-32-36)33-30(37)34-28-8-3-2-7-25(28)21-35-16-4-6-24(20-35)19-23-9-11-26(31)12-10-23/h5,9-15,17-18,24-25,28H,2-4,6-8,16,19-21H2,1H3,(H2,33,34,37)/t24-,25-,28+/m0/s1. The molecule has 3 atom stereocenters. The molecule has 1 saturated carbocycles. The average Bonchev–Trinajstić information content (AvgIpc) is 3.42. The maximum Gasteiger partial charge on any atom is 0.319 e. The van der Waals surface area contributed by atoms with Gasteiger partial charge in [-0.15, -0.1) is 0 Å². The Hall–Kier alpha value is -3.19. The fraction of sp³-hybridized carbons (Fsp3) is 0.467. The third-order valence-corrected chi connectivity index (χ3v) is 7.96. The molecule has 1 aliphatic heterocycles. The van der Waals surface area contributed by atoms with E-state index in [1.165, 1.54) is 24.8 Å². The quantitative estimate of drug-likeness (QED) is 0.419. The van der Waals surface area contributed by atoms with Crippen LogP contribution in [-0.2, 0) is 6.42 Å². The lowest BCUT2D eigenvalue weighted by molar-refractivity contribution is 0.123. The Morgan fingerprint density at radius 1 is 1.08 bits per heavy atom. The lowest BCUT2D eigenvalue weighted by atomic mass is 9.83. The normalized spacial score (nSPS) is 22.5. The van der Waals surface area contributed by atoms with E-state index in [0.29, 0.717) is 11.8 Å². The highest BCUT2D eigenvalue weighted by Gasteiger charge is 2.30. The smallest absolute Gasteiger partial charge is 0.319 e. The zero-order valence-electron chi connectivity index (χ0n) is 21.7. The number of nitrogens with zero attached hydrogens (tertiary/aromatic N) is 3. The summed E-state index contributed by atoms with van der Waals surface area (Å²) in [7, 11) is 0. The van der Waals surface area contributed by atoms with E-state index in [-0.39, 0.29) is 17.9 Å². The van der Waals surface area contributed by atoms with Crippen LogP contribution in [0.25, 0.3) is 5.69 Å². The number of benzene rings is 2. The Balaban J connectivity index is 1.15. The highest BCUT2D eigenvalue weighted by Crippen LogP contribution is 2.28. The number of rotatable bonds is 7. The number of hydrogen-bond acceptors (Lipinski definition) is 3. The number of aromatic nitrogens is 2. The first kappa shape index (κ1) is 25.5. The molecule has 2 fully saturated rings. The summed E-state index contributed by atoms with van der Waals surface area (Å²) in [6.07, 6.45) is 11.7. The molecule has 2 N–H and O–H groups in total. The Bertz CT molecular complexity index is 1160. The number of halogens is 1. The maximum absolute atomic E-state index is 13.3. The average molecular weight is 504 g/mol. The molecule has 1 saturated heterocycles. The zero-order chi connectivity index (χ0) is 25.6. The summed E-state index contributed by atoms with van der Waals surface area (Å²) in [6.45, 7) is 5.26. The van der Waals surface area contributed by atoms with E-state index < -0.39 is 0 Å². The van der Waals surface area contributed by atoms with E-state index >= 15 is 0 Å². The van der Waals surface area contributed by atoms with Crippen molar-refractivity contribution >= 4 is 11.7 Å². The number of aryl methyl sites for hydroxylation is 1. The van der Waals surface area contributed by atoms with Crippen molar-refractivity contribution in [2.24, 2.45) is 11.8 Å². The van der Waals surface area contributed by atoms with Crippen molar-refractivity contribution in [2.45, 2.75) is 57.9 Å². The van der Waals surface area contributed by atoms with E-state index in [9.17, 15) is 9.18 Å². The summed E-state index contributed by atoms with van der Waals surface area (Å²) in [5, 5.41) is 10.6. The molecular formula is C30H38FN5O. The summed E-state index contributed by atoms with van der Waals surface area (Å²) in [6, 6.07) is 14.8. The minimum atomic E-state index is -0.171. The van der Waals surface area contributed by atoms with Gasteiger partial charge >= 0.3 is 6.03 Å². The van der Waals surface area contributed by atoms with Gasteiger partial charge in [0.15, 0.2) is 0 Å². The van der Waals surface area contributed by atoms with Crippen LogP contribution in [0.5, 0.6) is 0 Å². The molecule has 2 amide bonds. The number of carbonyl (C=O) groups excluding carboxylic acids is 1. The van der Waals surface area contributed by atoms with Crippen molar-refractivity contribution in [1.82, 2.24) is 20.0 Å². The van der Waals surface area contributed by atoms with Gasteiger partial charge in [-0.3, -0.25) is 0 Å². The van der Waals surface area contributed by atoms with Crippen molar-refractivity contribution in [3.8, 4) is 5.69 Å². The molecule has 6 nitrogen and oxygen atoms in total. The molecule has 37 heavy (non-hydrogen) atoms. The molecule has 7 heteroatoms. The first-order valence-corrected chi connectivity index (χ1v) is 13.7. The van der Waals surface area contributed by atoms with Gasteiger partial charge in [-0.25, -0.2) is 13.9 Å². The van der Waals surface area contributed by atoms with Gasteiger partial charge in [0.1, 0.15) is 5.82 Å². The van der Waals surface area contributed by atoms with Gasteiger partial charge in [-0.05, 0) is 105 Å². The van der Waals surface area contributed by atoms with Crippen LogP contribution in [0.1, 0.15) is 49.7 Å². The van der Waals surface area contributed by atoms with Gasteiger partial charge in [0, 0.05) is 37.2 Å². The minimum absolute atomic E-state index is 0.129. The fourth-order valence-corrected chi connectivity index (χ4v) is 6.12. The predicted octanol–water partition coefficient (Wildman–Crippen LogP) is 5.95. The molecule has 3 aromatic rings. The Kier molecular flexibility index (Phi) is 8.19. The molecule has 0 spiro atoms. The molecule has 2 aromatic carbocycles. The number of amides is 2. The molecule has 2 heterocycles. The largest absolute Gasteiger partial charge is 0.335 e. The van der Waals surface area contributed by atoms with Crippen molar-refractivity contribution < 1.29 is 9.18 Å². The molecule has 1 aromatic heterocycles. The van der Waals surface area contributed by atoms with Crippen molar-refractivity contribution in [3.05, 3.63) is 77.9 Å². The number of likely N-dealkylation sites (tertiary alicyclic amines) is 1. The van der Waals surface area contributed by atoms with Crippen LogP contribution in [0.3, 0.4) is 0 Å². The topological polar surface area (TPSA) is 62.2 Å². The molecule has 5 rings (SSSR count). The first-order valence-electron chi connectivity index (χ1n) is 13.7. The van der Waals surface area contributed by atoms with E-state index in [2.05, 4.69) is 20.6 Å². The minimum Gasteiger partial charge on any atom is -0.335 e. The second-order valence-corrected chi connectivity index (χ2v) is 10.8. The fourth-order valence-electron chi connectivity index (χ4n) is 6.12. The number of nitrogens with one attached hydrogen (secondary N) is 2. The maximum atomic E-state index is 13.3. The number of anilines is 1. The molecule has 0 unspecified atom stereocenters. The van der Waals surface area contributed by atoms with Crippen molar-refractivity contribution in [2.75, 3.05) is 25.0 Å². The van der Waals surface area contributed by atoms with Crippen LogP contribution < -0.4 is 10.6 Å². The molecule has 0 radical (unpaired) electrons. The van der Waals surface area contributed by atoms with Gasteiger partial charge in [-0.1, -0.05) is 25.0 Å². The van der Waals surface area contributed by atoms with Crippen LogP contribution in [-0.4, -0.2) is 46.4 Å². The van der Waals surface area contributed by atoms with Gasteiger partial charge in [-0.2, -0.15) is 5.10 Å². The SMILES string of the molecule is Cc1cc(NC(=O)N[C@@H]2CCCC[C@H]2CN2CCC[C@@H](Cc3ccc(F)cc3)C2)ccc1-n1cccn1. The Labute approximate surface area is 219 Å². The number of piperidine rings is 1. The molecule has 0 bridgehead atoms. The van der Waals surface area contributed by atoms with Crippen LogP contribution >= 0.6 is 0 Å². The van der Waals surface area contributed by atoms with Crippen LogP contribution in [0.15, 0.2) is 60.9 Å². The lowest BCUT2D eigenvalue weighted by Crippen LogP contribution is -2.49. The highest BCUT2D eigenvalue weighted by atomic mass is 19.1. The van der Waals surface area contributed by atoms with E-state index in [0.717, 1.165) is 62.3 Å². The van der Waals surface area contributed by atoms with Crippen molar-refractivity contribution in [1.29, 1.82) is 0 Å². The third-order valence-electron chi connectivity index (χ3n) is 7.96. The van der Waals surface area contributed by atoms with Gasteiger partial charge in [0.2, 0.25) is 0 Å². The first-order chi connectivity index (χ1) is 18.0. The molecule has 196 valence electrons. The van der Waals surface area contributed by atoms with Crippen molar-refractivity contribution in [3.63, 3.8) is 0 Å².